The van der Waals surface area contributed by atoms with Crippen LogP contribution in [0, 0.1) is 0 Å². The van der Waals surface area contributed by atoms with E-state index in [2.05, 4.69) is 9.71 Å². The Hall–Kier alpha value is -3.43. The van der Waals surface area contributed by atoms with E-state index in [-0.39, 0.29) is 28.6 Å². The summed E-state index contributed by atoms with van der Waals surface area (Å²) in [6.07, 6.45) is 0. The summed E-state index contributed by atoms with van der Waals surface area (Å²) in [7, 11) is -3.98. The molecule has 5 rings (SSSR count). The predicted octanol–water partition coefficient (Wildman–Crippen LogP) is 3.38. The van der Waals surface area contributed by atoms with Crippen LogP contribution in [-0.2, 0) is 16.6 Å². The Bertz CT molecular complexity index is 1490. The van der Waals surface area contributed by atoms with Gasteiger partial charge >= 0.3 is 0 Å². The molecule has 0 aliphatic carbocycles. The van der Waals surface area contributed by atoms with Crippen LogP contribution in [0.1, 0.15) is 11.1 Å². The van der Waals surface area contributed by atoms with E-state index >= 15 is 0 Å². The van der Waals surface area contributed by atoms with Gasteiger partial charge in [-0.1, -0.05) is 42.5 Å². The van der Waals surface area contributed by atoms with Crippen molar-refractivity contribution in [1.29, 1.82) is 0 Å². The Kier molecular flexibility index (Phi) is 4.23. The molecule has 0 amide bonds. The third-order valence-corrected chi connectivity index (χ3v) is 7.19. The van der Waals surface area contributed by atoms with Gasteiger partial charge in [-0.25, -0.2) is 0 Å². The van der Waals surface area contributed by atoms with Crippen molar-refractivity contribution in [1.82, 2.24) is 4.57 Å². The van der Waals surface area contributed by atoms with Crippen molar-refractivity contribution in [3.8, 4) is 5.75 Å². The monoisotopic (exact) mass is 437 g/mol. The molecule has 0 fully saturated rings. The molecule has 2 aromatic heterocycles. The van der Waals surface area contributed by atoms with Crippen molar-refractivity contribution < 1.29 is 13.5 Å². The van der Waals surface area contributed by atoms with E-state index in [4.69, 9.17) is 0 Å². The number of aromatic hydroxyl groups is 1. The number of aromatic nitrogens is 1. The summed E-state index contributed by atoms with van der Waals surface area (Å²) in [4.78, 5) is 13.5. The molecule has 150 valence electrons. The first-order chi connectivity index (χ1) is 14.5. The molecule has 0 radical (unpaired) electrons. The van der Waals surface area contributed by atoms with Crippen LogP contribution in [0.15, 0.2) is 80.1 Å². The molecule has 1 aliphatic heterocycles. The topological polar surface area (TPSA) is 101 Å². The molecule has 1 aliphatic rings. The molecule has 3 heterocycles. The molecule has 2 N–H and O–H groups in total. The van der Waals surface area contributed by atoms with Crippen molar-refractivity contribution in [2.75, 3.05) is 5.32 Å². The Morgan fingerprint density at radius 2 is 1.77 bits per heavy atom. The quantitative estimate of drug-likeness (QED) is 0.512. The lowest BCUT2D eigenvalue weighted by Gasteiger charge is -2.19. The molecule has 0 unspecified atom stereocenters. The molecule has 30 heavy (non-hydrogen) atoms. The molecular weight excluding hydrogens is 422 g/mol. The highest BCUT2D eigenvalue weighted by molar-refractivity contribution is 7.90. The van der Waals surface area contributed by atoms with Crippen LogP contribution in [0.2, 0.25) is 0 Å². The van der Waals surface area contributed by atoms with Crippen molar-refractivity contribution in [2.45, 2.75) is 11.4 Å². The highest BCUT2D eigenvalue weighted by Crippen LogP contribution is 2.35. The van der Waals surface area contributed by atoms with Gasteiger partial charge in [0, 0.05) is 5.39 Å². The van der Waals surface area contributed by atoms with Gasteiger partial charge in [-0.3, -0.25) is 4.79 Å². The number of para-hydroxylation sites is 1. The van der Waals surface area contributed by atoms with E-state index < -0.39 is 15.6 Å². The van der Waals surface area contributed by atoms with Crippen molar-refractivity contribution >= 4 is 43.1 Å². The number of anilines is 1. The minimum absolute atomic E-state index is 0.0566. The third kappa shape index (κ3) is 2.90. The lowest BCUT2D eigenvalue weighted by Crippen LogP contribution is -2.32. The molecule has 0 saturated heterocycles. The van der Waals surface area contributed by atoms with Crippen LogP contribution >= 0.6 is 11.3 Å². The minimum Gasteiger partial charge on any atom is -0.506 e. The second-order valence-corrected chi connectivity index (χ2v) is 9.26. The molecule has 7 nitrogen and oxygen atoms in total. The maximum Gasteiger partial charge on any atom is 0.287 e. The first-order valence-corrected chi connectivity index (χ1v) is 11.4. The van der Waals surface area contributed by atoms with Gasteiger partial charge < -0.3 is 15.0 Å². The lowest BCUT2D eigenvalue weighted by atomic mass is 10.1. The van der Waals surface area contributed by atoms with E-state index in [0.717, 1.165) is 5.56 Å². The van der Waals surface area contributed by atoms with E-state index in [1.807, 2.05) is 30.3 Å². The number of nitrogens with one attached hydrogen (secondary N) is 1. The van der Waals surface area contributed by atoms with Gasteiger partial charge in [0.1, 0.15) is 21.2 Å². The van der Waals surface area contributed by atoms with Crippen LogP contribution in [-0.4, -0.2) is 23.9 Å². The number of fused-ring (bicyclic) bond motifs is 2. The van der Waals surface area contributed by atoms with Crippen molar-refractivity contribution in [2.24, 2.45) is 4.40 Å². The average Bonchev–Trinajstić information content (AvgIpc) is 3.22. The Balaban J connectivity index is 1.78. The first-order valence-electron chi connectivity index (χ1n) is 9.04. The largest absolute Gasteiger partial charge is 0.506 e. The Morgan fingerprint density at radius 1 is 1.03 bits per heavy atom. The maximum atomic E-state index is 13.5. The van der Waals surface area contributed by atoms with Crippen LogP contribution in [0.25, 0.3) is 10.9 Å². The molecular formula is C21H15N3O4S2. The fourth-order valence-electron chi connectivity index (χ4n) is 3.53. The van der Waals surface area contributed by atoms with Gasteiger partial charge in [-0.05, 0) is 29.1 Å². The summed E-state index contributed by atoms with van der Waals surface area (Å²) in [5, 5.41) is 16.2. The van der Waals surface area contributed by atoms with E-state index in [0.29, 0.717) is 15.9 Å². The van der Waals surface area contributed by atoms with Crippen molar-refractivity contribution in [3.63, 3.8) is 0 Å². The molecule has 0 atom stereocenters. The molecule has 0 saturated carbocycles. The van der Waals surface area contributed by atoms with Gasteiger partial charge in [0.15, 0.2) is 5.84 Å². The number of amidine groups is 1. The Labute approximate surface area is 175 Å². The zero-order chi connectivity index (χ0) is 20.9. The SMILES string of the molecule is O=c1c(C2=NS(=O)(=O)c3ccsc3N2)c(O)c2ccccc2n1Cc1ccccc1. The number of benzene rings is 2. The third-order valence-electron chi connectivity index (χ3n) is 4.92. The van der Waals surface area contributed by atoms with Gasteiger partial charge in [-0.15, -0.1) is 15.7 Å². The van der Waals surface area contributed by atoms with Crippen LogP contribution < -0.4 is 10.9 Å². The van der Waals surface area contributed by atoms with Crippen molar-refractivity contribution in [3.05, 3.63) is 87.5 Å². The molecule has 0 spiro atoms. The van der Waals surface area contributed by atoms with Crippen LogP contribution in [0.3, 0.4) is 0 Å². The highest BCUT2D eigenvalue weighted by atomic mass is 32.2. The fourth-order valence-corrected chi connectivity index (χ4v) is 5.75. The minimum atomic E-state index is -3.98. The number of hydrogen-bond acceptors (Lipinski definition) is 6. The van der Waals surface area contributed by atoms with Gasteiger partial charge in [0.2, 0.25) is 0 Å². The van der Waals surface area contributed by atoms with Crippen LogP contribution in [0.5, 0.6) is 5.75 Å². The zero-order valence-corrected chi connectivity index (χ0v) is 17.1. The number of rotatable bonds is 3. The predicted molar refractivity (Wildman–Crippen MR) is 117 cm³/mol. The molecule has 9 heteroatoms. The summed E-state index contributed by atoms with van der Waals surface area (Å²) in [5.74, 6) is -0.485. The van der Waals surface area contributed by atoms with E-state index in [9.17, 15) is 18.3 Å². The molecule has 0 bridgehead atoms. The number of nitrogens with zero attached hydrogens (tertiary/aromatic N) is 2. The summed E-state index contributed by atoms with van der Waals surface area (Å²) in [6, 6.07) is 17.8. The summed E-state index contributed by atoms with van der Waals surface area (Å²) >= 11 is 1.19. The van der Waals surface area contributed by atoms with Gasteiger partial charge in [0.25, 0.3) is 15.6 Å². The second kappa shape index (κ2) is 6.82. The summed E-state index contributed by atoms with van der Waals surface area (Å²) in [5.41, 5.74) is 0.737. The normalized spacial score (nSPS) is 14.7. The lowest BCUT2D eigenvalue weighted by molar-refractivity contribution is 0.478. The second-order valence-electron chi connectivity index (χ2n) is 6.77. The summed E-state index contributed by atoms with van der Waals surface area (Å²) < 4.78 is 30.4. The number of pyridine rings is 1. The van der Waals surface area contributed by atoms with Crippen LogP contribution in [0.4, 0.5) is 5.00 Å². The first kappa shape index (κ1) is 18.6. The summed E-state index contributed by atoms with van der Waals surface area (Å²) in [6.45, 7) is 0.262. The molecule has 2 aromatic carbocycles. The average molecular weight is 438 g/mol. The zero-order valence-electron chi connectivity index (χ0n) is 15.4. The number of thiophene rings is 1. The Morgan fingerprint density at radius 3 is 2.57 bits per heavy atom. The molecule has 4 aromatic rings. The fraction of sp³-hybridized carbons (Fsp3) is 0.0476. The number of sulfonamides is 1. The van der Waals surface area contributed by atoms with Gasteiger partial charge in [-0.2, -0.15) is 8.42 Å². The smallest absolute Gasteiger partial charge is 0.287 e. The van der Waals surface area contributed by atoms with E-state index in [1.54, 1.807) is 29.6 Å². The van der Waals surface area contributed by atoms with E-state index in [1.165, 1.54) is 22.0 Å². The number of hydrogen-bond donors (Lipinski definition) is 2. The standard InChI is InChI=1S/C21H15N3O4S2/c25-18-14-8-4-5-9-15(14)24(12-13-6-2-1-3-7-13)21(26)17(18)19-22-20-16(10-11-29-20)30(27,28)23-19/h1-11,25H,12H2,(H,22,23). The maximum absolute atomic E-state index is 13.5. The highest BCUT2D eigenvalue weighted by Gasteiger charge is 2.30. The van der Waals surface area contributed by atoms with Gasteiger partial charge in [0.05, 0.1) is 12.1 Å².